The van der Waals surface area contributed by atoms with Crippen molar-refractivity contribution < 1.29 is 0 Å². The van der Waals surface area contributed by atoms with Gasteiger partial charge in [0.25, 0.3) is 0 Å². The Balaban J connectivity index is 2.50. The molecule has 0 aliphatic carbocycles. The van der Waals surface area contributed by atoms with Crippen molar-refractivity contribution in [3.05, 3.63) is 20.8 Å². The second-order valence-corrected chi connectivity index (χ2v) is 4.52. The van der Waals surface area contributed by atoms with Crippen LogP contribution in [0.3, 0.4) is 0 Å². The van der Waals surface area contributed by atoms with Crippen LogP contribution < -0.4 is 0 Å². The third kappa shape index (κ3) is 3.11. The van der Waals surface area contributed by atoms with Gasteiger partial charge in [-0.05, 0) is 29.0 Å². The number of hydrogen-bond donors (Lipinski definition) is 0. The highest BCUT2D eigenvalue weighted by Gasteiger charge is 2.00. The van der Waals surface area contributed by atoms with Gasteiger partial charge in [-0.3, -0.25) is 4.90 Å². The van der Waals surface area contributed by atoms with E-state index in [1.165, 1.54) is 4.88 Å². The minimum atomic E-state index is 0.579. The molecule has 1 nitrogen and oxygen atoms in total. The average Bonchev–Trinajstić information content (AvgIpc) is 2.35. The fourth-order valence-corrected chi connectivity index (χ4v) is 2.36. The van der Waals surface area contributed by atoms with Crippen LogP contribution in [0.4, 0.5) is 0 Å². The van der Waals surface area contributed by atoms with E-state index in [1.807, 2.05) is 7.05 Å². The summed E-state index contributed by atoms with van der Waals surface area (Å²) in [5, 5.41) is 2.08. The Morgan fingerprint density at radius 3 is 2.91 bits per heavy atom. The van der Waals surface area contributed by atoms with Crippen molar-refractivity contribution in [3.63, 3.8) is 0 Å². The topological polar surface area (TPSA) is 3.24 Å². The Labute approximate surface area is 84.1 Å². The molecule has 4 heteroatoms. The predicted molar refractivity (Wildman–Crippen MR) is 54.2 cm³/mol. The molecule has 0 fully saturated rings. The zero-order valence-corrected chi connectivity index (χ0v) is 9.34. The quantitative estimate of drug-likeness (QED) is 0.592. The SMILES string of the molecule is CN(CCl)Cc1cc(Br)cs1. The highest BCUT2D eigenvalue weighted by molar-refractivity contribution is 9.10. The first-order valence-corrected chi connectivity index (χ1v) is 5.40. The second kappa shape index (κ2) is 4.45. The maximum Gasteiger partial charge on any atom is 0.0739 e. The van der Waals surface area contributed by atoms with Gasteiger partial charge in [-0.1, -0.05) is 0 Å². The van der Waals surface area contributed by atoms with Crippen molar-refractivity contribution in [2.45, 2.75) is 6.54 Å². The standard InChI is InChI=1S/C7H9BrClNS/c1-10(5-9)3-7-2-6(8)4-11-7/h2,4H,3,5H2,1H3. The van der Waals surface area contributed by atoms with Crippen LogP contribution in [0.1, 0.15) is 4.88 Å². The lowest BCUT2D eigenvalue weighted by Gasteiger charge is -2.09. The number of nitrogens with zero attached hydrogens (tertiary/aromatic N) is 1. The van der Waals surface area contributed by atoms with Crippen molar-refractivity contribution in [3.8, 4) is 0 Å². The number of rotatable bonds is 3. The lowest BCUT2D eigenvalue weighted by molar-refractivity contribution is 0.386. The Morgan fingerprint density at radius 2 is 2.45 bits per heavy atom. The van der Waals surface area contributed by atoms with Crippen LogP contribution in [0.2, 0.25) is 0 Å². The molecule has 1 aromatic rings. The molecule has 11 heavy (non-hydrogen) atoms. The first-order valence-electron chi connectivity index (χ1n) is 3.20. The van der Waals surface area contributed by atoms with Crippen LogP contribution in [0.15, 0.2) is 15.9 Å². The summed E-state index contributed by atoms with van der Waals surface area (Å²) in [6, 6.07) is 2.70. The van der Waals surface area contributed by atoms with Gasteiger partial charge in [-0.15, -0.1) is 22.9 Å². The summed E-state index contributed by atoms with van der Waals surface area (Å²) >= 11 is 10.8. The molecule has 1 heterocycles. The van der Waals surface area contributed by atoms with Crippen LogP contribution >= 0.6 is 38.9 Å². The molecule has 0 aromatic carbocycles. The first-order chi connectivity index (χ1) is 5.22. The monoisotopic (exact) mass is 253 g/mol. The molecule has 0 aliphatic heterocycles. The zero-order chi connectivity index (χ0) is 8.27. The van der Waals surface area contributed by atoms with Crippen molar-refractivity contribution in [1.29, 1.82) is 0 Å². The smallest absolute Gasteiger partial charge is 0.0739 e. The van der Waals surface area contributed by atoms with Crippen LogP contribution in [-0.2, 0) is 6.54 Å². The van der Waals surface area contributed by atoms with E-state index in [2.05, 4.69) is 32.3 Å². The van der Waals surface area contributed by atoms with Gasteiger partial charge < -0.3 is 0 Å². The lowest BCUT2D eigenvalue weighted by atomic mass is 10.4. The first kappa shape index (κ1) is 9.52. The van der Waals surface area contributed by atoms with E-state index in [4.69, 9.17) is 11.6 Å². The molecule has 1 aromatic heterocycles. The summed E-state index contributed by atoms with van der Waals surface area (Å²) in [4.78, 5) is 3.39. The molecule has 0 saturated heterocycles. The van der Waals surface area contributed by atoms with E-state index in [0.717, 1.165) is 11.0 Å². The van der Waals surface area contributed by atoms with E-state index in [0.29, 0.717) is 6.00 Å². The highest BCUT2D eigenvalue weighted by atomic mass is 79.9. The van der Waals surface area contributed by atoms with Gasteiger partial charge >= 0.3 is 0 Å². The van der Waals surface area contributed by atoms with E-state index >= 15 is 0 Å². The Hall–Kier alpha value is 0.430. The Kier molecular flexibility index (Phi) is 3.85. The van der Waals surface area contributed by atoms with Gasteiger partial charge in [0.05, 0.1) is 6.00 Å². The third-order valence-corrected chi connectivity index (χ3v) is 3.34. The van der Waals surface area contributed by atoms with Gasteiger partial charge in [-0.25, -0.2) is 0 Å². The molecule has 0 atom stereocenters. The second-order valence-electron chi connectivity index (χ2n) is 2.36. The Bertz CT molecular complexity index is 226. The molecule has 1 rings (SSSR count). The van der Waals surface area contributed by atoms with E-state index in [1.54, 1.807) is 11.3 Å². The molecule has 0 radical (unpaired) electrons. The van der Waals surface area contributed by atoms with Crippen LogP contribution in [0, 0.1) is 0 Å². The molecule has 0 unspecified atom stereocenters. The average molecular weight is 255 g/mol. The van der Waals surface area contributed by atoms with Crippen LogP contribution in [-0.4, -0.2) is 18.0 Å². The molecule has 0 spiro atoms. The maximum absolute atomic E-state index is 5.63. The third-order valence-electron chi connectivity index (χ3n) is 1.25. The molecular weight excluding hydrogens is 246 g/mol. The van der Waals surface area contributed by atoms with Crippen LogP contribution in [0.5, 0.6) is 0 Å². The molecule has 0 aliphatic rings. The number of halogens is 2. The van der Waals surface area contributed by atoms with Crippen LogP contribution in [0.25, 0.3) is 0 Å². The fraction of sp³-hybridized carbons (Fsp3) is 0.429. The fourth-order valence-electron chi connectivity index (χ4n) is 0.745. The van der Waals surface area contributed by atoms with E-state index < -0.39 is 0 Å². The largest absolute Gasteiger partial charge is 0.288 e. The summed E-state index contributed by atoms with van der Waals surface area (Å²) in [6.07, 6.45) is 0. The number of alkyl halides is 1. The summed E-state index contributed by atoms with van der Waals surface area (Å²) in [7, 11) is 2.00. The predicted octanol–water partition coefficient (Wildman–Crippen LogP) is 3.14. The molecular formula is C7H9BrClNS. The van der Waals surface area contributed by atoms with Gasteiger partial charge in [0.15, 0.2) is 0 Å². The van der Waals surface area contributed by atoms with Gasteiger partial charge in [0.2, 0.25) is 0 Å². The normalized spacial score (nSPS) is 10.9. The lowest BCUT2D eigenvalue weighted by Crippen LogP contribution is -2.14. The van der Waals surface area contributed by atoms with Gasteiger partial charge in [0.1, 0.15) is 0 Å². The summed E-state index contributed by atoms with van der Waals surface area (Å²) in [6.45, 7) is 0.930. The molecule has 0 N–H and O–H groups in total. The van der Waals surface area contributed by atoms with Crippen molar-refractivity contribution in [1.82, 2.24) is 4.90 Å². The molecule has 0 saturated carbocycles. The Morgan fingerprint density at radius 1 is 1.73 bits per heavy atom. The minimum Gasteiger partial charge on any atom is -0.288 e. The molecule has 0 bridgehead atoms. The van der Waals surface area contributed by atoms with Gasteiger partial charge in [-0.2, -0.15) is 0 Å². The minimum absolute atomic E-state index is 0.579. The summed E-state index contributed by atoms with van der Waals surface area (Å²) < 4.78 is 1.15. The van der Waals surface area contributed by atoms with Crippen molar-refractivity contribution in [2.24, 2.45) is 0 Å². The van der Waals surface area contributed by atoms with E-state index in [9.17, 15) is 0 Å². The van der Waals surface area contributed by atoms with E-state index in [-0.39, 0.29) is 0 Å². The number of thiophene rings is 1. The molecule has 0 amide bonds. The van der Waals surface area contributed by atoms with Crippen molar-refractivity contribution in [2.75, 3.05) is 13.1 Å². The van der Waals surface area contributed by atoms with Crippen molar-refractivity contribution >= 4 is 38.9 Å². The molecule has 62 valence electrons. The summed E-state index contributed by atoms with van der Waals surface area (Å²) in [5.41, 5.74) is 0. The zero-order valence-electron chi connectivity index (χ0n) is 6.18. The maximum atomic E-state index is 5.63. The summed E-state index contributed by atoms with van der Waals surface area (Å²) in [5.74, 6) is 0. The number of hydrogen-bond acceptors (Lipinski definition) is 2. The highest BCUT2D eigenvalue weighted by Crippen LogP contribution is 2.20. The van der Waals surface area contributed by atoms with Gasteiger partial charge in [0, 0.05) is 21.3 Å².